The van der Waals surface area contributed by atoms with Crippen LogP contribution in [0, 0.1) is 0 Å². The highest BCUT2D eigenvalue weighted by Gasteiger charge is 2.04. The Morgan fingerprint density at radius 1 is 1.12 bits per heavy atom. The molecule has 0 bridgehead atoms. The van der Waals surface area contributed by atoms with Crippen molar-refractivity contribution in [3.05, 3.63) is 52.5 Å². The van der Waals surface area contributed by atoms with Gasteiger partial charge in [-0.25, -0.2) is 4.98 Å². The Hall–Kier alpha value is -1.21. The Bertz CT molecular complexity index is 589. The molecular weight excluding hydrogens is 372 g/mol. The molecule has 0 saturated heterocycles. The SMILES string of the molecule is CC(COCCOCCc1nc(Br)cn1C)OCc1ccccc1. The molecule has 1 aromatic carbocycles. The lowest BCUT2D eigenvalue weighted by atomic mass is 10.2. The van der Waals surface area contributed by atoms with E-state index < -0.39 is 0 Å². The van der Waals surface area contributed by atoms with Gasteiger partial charge in [-0.15, -0.1) is 0 Å². The van der Waals surface area contributed by atoms with Gasteiger partial charge in [0.25, 0.3) is 0 Å². The molecule has 0 aliphatic carbocycles. The van der Waals surface area contributed by atoms with Crippen LogP contribution >= 0.6 is 15.9 Å². The number of rotatable bonds is 11. The minimum atomic E-state index is 0.0649. The van der Waals surface area contributed by atoms with E-state index in [2.05, 4.69) is 33.0 Å². The summed E-state index contributed by atoms with van der Waals surface area (Å²) in [5.41, 5.74) is 1.17. The van der Waals surface area contributed by atoms with E-state index in [1.165, 1.54) is 5.56 Å². The van der Waals surface area contributed by atoms with Crippen LogP contribution in [-0.2, 0) is 34.3 Å². The van der Waals surface area contributed by atoms with E-state index >= 15 is 0 Å². The zero-order chi connectivity index (χ0) is 17.2. The van der Waals surface area contributed by atoms with Gasteiger partial charge in [-0.3, -0.25) is 0 Å². The number of aryl methyl sites for hydroxylation is 1. The van der Waals surface area contributed by atoms with Gasteiger partial charge >= 0.3 is 0 Å². The Morgan fingerprint density at radius 3 is 2.58 bits per heavy atom. The van der Waals surface area contributed by atoms with E-state index in [1.807, 2.05) is 42.9 Å². The first kappa shape index (κ1) is 19.1. The third-order valence-corrected chi connectivity index (χ3v) is 3.90. The van der Waals surface area contributed by atoms with E-state index in [-0.39, 0.29) is 6.10 Å². The first-order chi connectivity index (χ1) is 11.6. The fourth-order valence-corrected chi connectivity index (χ4v) is 2.70. The largest absolute Gasteiger partial charge is 0.379 e. The highest BCUT2D eigenvalue weighted by Crippen LogP contribution is 2.08. The summed E-state index contributed by atoms with van der Waals surface area (Å²) in [6.45, 7) is 4.99. The quantitative estimate of drug-likeness (QED) is 0.546. The van der Waals surface area contributed by atoms with Gasteiger partial charge < -0.3 is 18.8 Å². The molecular formula is C18H25BrN2O3. The molecule has 0 fully saturated rings. The van der Waals surface area contributed by atoms with Crippen LogP contribution < -0.4 is 0 Å². The van der Waals surface area contributed by atoms with E-state index in [9.17, 15) is 0 Å². The zero-order valence-electron chi connectivity index (χ0n) is 14.3. The summed E-state index contributed by atoms with van der Waals surface area (Å²) in [7, 11) is 1.98. The number of benzene rings is 1. The van der Waals surface area contributed by atoms with Crippen LogP contribution in [0.15, 0.2) is 41.1 Å². The standard InChI is InChI=1S/C18H25BrN2O3/c1-15(24-14-16-6-4-3-5-7-16)13-23-11-10-22-9-8-18-20-17(19)12-21(18)2/h3-7,12,15H,8-11,13-14H2,1-2H3. The molecule has 6 heteroatoms. The molecule has 2 rings (SSSR count). The Kier molecular flexibility index (Phi) is 8.45. The highest BCUT2D eigenvalue weighted by molar-refractivity contribution is 9.10. The smallest absolute Gasteiger partial charge is 0.124 e. The molecule has 0 aliphatic heterocycles. The Morgan fingerprint density at radius 2 is 1.88 bits per heavy atom. The number of nitrogens with zero attached hydrogens (tertiary/aromatic N) is 2. The van der Waals surface area contributed by atoms with Gasteiger partial charge in [-0.2, -0.15) is 0 Å². The number of ether oxygens (including phenoxy) is 3. The van der Waals surface area contributed by atoms with E-state index in [0.29, 0.717) is 33.0 Å². The minimum Gasteiger partial charge on any atom is -0.379 e. The lowest BCUT2D eigenvalue weighted by Crippen LogP contribution is -2.18. The fourth-order valence-electron chi connectivity index (χ4n) is 2.19. The predicted octanol–water partition coefficient (Wildman–Crippen LogP) is 3.36. The van der Waals surface area contributed by atoms with Crippen LogP contribution in [0.3, 0.4) is 0 Å². The molecule has 132 valence electrons. The van der Waals surface area contributed by atoms with Crippen molar-refractivity contribution in [3.8, 4) is 0 Å². The molecule has 0 spiro atoms. The van der Waals surface area contributed by atoms with Crippen LogP contribution in [0.25, 0.3) is 0 Å². The molecule has 0 saturated carbocycles. The second kappa shape index (κ2) is 10.6. The average molecular weight is 397 g/mol. The maximum atomic E-state index is 5.75. The molecule has 0 N–H and O–H groups in total. The summed E-state index contributed by atoms with van der Waals surface area (Å²) >= 11 is 3.36. The first-order valence-corrected chi connectivity index (χ1v) is 8.93. The lowest BCUT2D eigenvalue weighted by molar-refractivity contribution is -0.0293. The van der Waals surface area contributed by atoms with Crippen LogP contribution in [0.5, 0.6) is 0 Å². The summed E-state index contributed by atoms with van der Waals surface area (Å²) in [5.74, 6) is 1.01. The molecule has 24 heavy (non-hydrogen) atoms. The van der Waals surface area contributed by atoms with Crippen LogP contribution in [-0.4, -0.2) is 42.1 Å². The second-order valence-electron chi connectivity index (χ2n) is 5.64. The first-order valence-electron chi connectivity index (χ1n) is 8.14. The van der Waals surface area contributed by atoms with Crippen molar-refractivity contribution in [1.82, 2.24) is 9.55 Å². The normalized spacial score (nSPS) is 12.5. The van der Waals surface area contributed by atoms with Crippen molar-refractivity contribution in [1.29, 1.82) is 0 Å². The summed E-state index contributed by atoms with van der Waals surface area (Å²) < 4.78 is 19.8. The van der Waals surface area contributed by atoms with E-state index in [1.54, 1.807) is 0 Å². The van der Waals surface area contributed by atoms with Gasteiger partial charge in [0.2, 0.25) is 0 Å². The van der Waals surface area contributed by atoms with Gasteiger partial charge in [0.05, 0.1) is 39.1 Å². The molecule has 2 aromatic rings. The van der Waals surface area contributed by atoms with Crippen LogP contribution in [0.2, 0.25) is 0 Å². The zero-order valence-corrected chi connectivity index (χ0v) is 15.9. The number of halogens is 1. The molecule has 1 unspecified atom stereocenters. The summed E-state index contributed by atoms with van der Waals surface area (Å²) in [6, 6.07) is 10.1. The molecule has 1 heterocycles. The fraction of sp³-hybridized carbons (Fsp3) is 0.500. The average Bonchev–Trinajstić information content (AvgIpc) is 2.90. The van der Waals surface area contributed by atoms with Crippen LogP contribution in [0.1, 0.15) is 18.3 Å². The third kappa shape index (κ3) is 7.13. The molecule has 5 nitrogen and oxygen atoms in total. The molecule has 0 aliphatic rings. The summed E-state index contributed by atoms with van der Waals surface area (Å²) in [4.78, 5) is 4.36. The van der Waals surface area contributed by atoms with Crippen molar-refractivity contribution >= 4 is 15.9 Å². The van der Waals surface area contributed by atoms with Gasteiger partial charge in [0.1, 0.15) is 10.4 Å². The van der Waals surface area contributed by atoms with Crippen molar-refractivity contribution in [3.63, 3.8) is 0 Å². The van der Waals surface area contributed by atoms with Crippen molar-refractivity contribution in [2.24, 2.45) is 7.05 Å². The van der Waals surface area contributed by atoms with E-state index in [0.717, 1.165) is 16.8 Å². The second-order valence-corrected chi connectivity index (χ2v) is 6.45. The lowest BCUT2D eigenvalue weighted by Gasteiger charge is -2.13. The molecule has 0 amide bonds. The minimum absolute atomic E-state index is 0.0649. The van der Waals surface area contributed by atoms with Gasteiger partial charge in [-0.05, 0) is 28.4 Å². The van der Waals surface area contributed by atoms with E-state index in [4.69, 9.17) is 14.2 Å². The predicted molar refractivity (Wildman–Crippen MR) is 96.9 cm³/mol. The third-order valence-electron chi connectivity index (χ3n) is 3.52. The molecule has 1 aromatic heterocycles. The number of hydrogen-bond donors (Lipinski definition) is 0. The maximum Gasteiger partial charge on any atom is 0.124 e. The maximum absolute atomic E-state index is 5.75. The van der Waals surface area contributed by atoms with Gasteiger partial charge in [0, 0.05) is 19.7 Å². The summed E-state index contributed by atoms with van der Waals surface area (Å²) in [5, 5.41) is 0. The van der Waals surface area contributed by atoms with Crippen LogP contribution in [0.4, 0.5) is 0 Å². The molecule has 0 radical (unpaired) electrons. The number of hydrogen-bond acceptors (Lipinski definition) is 4. The Labute approximate surface area is 152 Å². The van der Waals surface area contributed by atoms with Gasteiger partial charge in [0.15, 0.2) is 0 Å². The van der Waals surface area contributed by atoms with Crippen molar-refractivity contribution in [2.75, 3.05) is 26.4 Å². The van der Waals surface area contributed by atoms with Crippen molar-refractivity contribution < 1.29 is 14.2 Å². The topological polar surface area (TPSA) is 45.5 Å². The number of imidazole rings is 1. The van der Waals surface area contributed by atoms with Gasteiger partial charge in [-0.1, -0.05) is 30.3 Å². The van der Waals surface area contributed by atoms with Crippen molar-refractivity contribution in [2.45, 2.75) is 26.1 Å². The monoisotopic (exact) mass is 396 g/mol. The highest BCUT2D eigenvalue weighted by atomic mass is 79.9. The summed E-state index contributed by atoms with van der Waals surface area (Å²) in [6.07, 6.45) is 2.80. The molecule has 1 atom stereocenters. The Balaban J connectivity index is 1.46. The number of aromatic nitrogens is 2.